The van der Waals surface area contributed by atoms with Crippen molar-refractivity contribution >= 4 is 12.6 Å². The van der Waals surface area contributed by atoms with E-state index in [1.54, 1.807) is 12.1 Å². The summed E-state index contributed by atoms with van der Waals surface area (Å²) < 4.78 is 5.59. The minimum absolute atomic E-state index is 0.418. The van der Waals surface area contributed by atoms with Crippen LogP contribution in [0.4, 0.5) is 0 Å². The molecule has 0 atom stereocenters. The van der Waals surface area contributed by atoms with Crippen LogP contribution in [0.25, 0.3) is 11.1 Å². The molecule has 2 aromatic rings. The van der Waals surface area contributed by atoms with E-state index in [0.29, 0.717) is 24.4 Å². The van der Waals surface area contributed by atoms with Gasteiger partial charge in [-0.25, -0.2) is 0 Å². The molecule has 0 saturated carbocycles. The lowest BCUT2D eigenvalue weighted by Crippen LogP contribution is -2.31. The molecule has 2 aromatic carbocycles. The van der Waals surface area contributed by atoms with Crippen LogP contribution in [-0.2, 0) is 0 Å². The summed E-state index contributed by atoms with van der Waals surface area (Å²) in [5.41, 5.74) is 7.45. The highest BCUT2D eigenvalue weighted by Crippen LogP contribution is 2.28. The first-order valence-electron chi connectivity index (χ1n) is 6.11. The fourth-order valence-corrected chi connectivity index (χ4v) is 1.95. The van der Waals surface area contributed by atoms with Gasteiger partial charge in [0.2, 0.25) is 0 Å². The van der Waals surface area contributed by atoms with E-state index in [9.17, 15) is 10.0 Å². The number of ether oxygens (including phenoxy) is 1. The van der Waals surface area contributed by atoms with Crippen molar-refractivity contribution in [1.82, 2.24) is 0 Å². The Morgan fingerprint density at radius 2 is 1.58 bits per heavy atom. The van der Waals surface area contributed by atoms with Gasteiger partial charge in [0, 0.05) is 12.1 Å². The second kappa shape index (κ2) is 6.38. The molecule has 2 rings (SSSR count). The third kappa shape index (κ3) is 3.14. The van der Waals surface area contributed by atoms with Crippen LogP contribution in [0.2, 0.25) is 0 Å². The fraction of sp³-hybridized carbons (Fsp3) is 0.143. The summed E-state index contributed by atoms with van der Waals surface area (Å²) in [7, 11) is -1.52. The highest BCUT2D eigenvalue weighted by Gasteiger charge is 2.18. The second-order valence-corrected chi connectivity index (χ2v) is 4.09. The van der Waals surface area contributed by atoms with Crippen LogP contribution in [0.15, 0.2) is 48.5 Å². The van der Waals surface area contributed by atoms with Crippen LogP contribution in [0.1, 0.15) is 0 Å². The third-order valence-electron chi connectivity index (χ3n) is 2.79. The Bertz CT molecular complexity index is 546. The van der Waals surface area contributed by atoms with Crippen LogP contribution in [0, 0.1) is 0 Å². The van der Waals surface area contributed by atoms with Gasteiger partial charge in [-0.15, -0.1) is 0 Å². The van der Waals surface area contributed by atoms with Crippen molar-refractivity contribution in [2.24, 2.45) is 5.73 Å². The zero-order valence-electron chi connectivity index (χ0n) is 10.5. The number of hydrogen-bond acceptors (Lipinski definition) is 4. The van der Waals surface area contributed by atoms with Crippen LogP contribution in [-0.4, -0.2) is 30.3 Å². The Kier molecular flexibility index (Phi) is 4.57. The van der Waals surface area contributed by atoms with Crippen molar-refractivity contribution in [2.45, 2.75) is 0 Å². The molecule has 0 saturated heterocycles. The minimum atomic E-state index is -1.52. The topological polar surface area (TPSA) is 75.7 Å². The Hall–Kier alpha value is -1.82. The highest BCUT2D eigenvalue weighted by molar-refractivity contribution is 6.60. The minimum Gasteiger partial charge on any atom is -0.492 e. The van der Waals surface area contributed by atoms with Gasteiger partial charge in [0.25, 0.3) is 0 Å². The molecule has 0 aliphatic carbocycles. The molecule has 0 heterocycles. The lowest BCUT2D eigenvalue weighted by atomic mass is 9.75. The number of benzene rings is 2. The van der Waals surface area contributed by atoms with Crippen molar-refractivity contribution in [2.75, 3.05) is 13.2 Å². The zero-order valence-corrected chi connectivity index (χ0v) is 10.5. The monoisotopic (exact) mass is 257 g/mol. The Morgan fingerprint density at radius 1 is 0.947 bits per heavy atom. The van der Waals surface area contributed by atoms with Gasteiger partial charge in [-0.3, -0.25) is 0 Å². The summed E-state index contributed by atoms with van der Waals surface area (Å²) >= 11 is 0. The smallest absolute Gasteiger partial charge is 0.489 e. The first-order chi connectivity index (χ1) is 9.24. The van der Waals surface area contributed by atoms with Gasteiger partial charge in [0.05, 0.1) is 0 Å². The first-order valence-corrected chi connectivity index (χ1v) is 6.11. The first kappa shape index (κ1) is 13.6. The molecule has 98 valence electrons. The molecular weight excluding hydrogens is 241 g/mol. The normalized spacial score (nSPS) is 10.3. The lowest BCUT2D eigenvalue weighted by molar-refractivity contribution is 0.329. The van der Waals surface area contributed by atoms with E-state index < -0.39 is 7.12 Å². The van der Waals surface area contributed by atoms with Gasteiger partial charge in [-0.2, -0.15) is 0 Å². The molecule has 0 aliphatic heterocycles. The summed E-state index contributed by atoms with van der Waals surface area (Å²) in [6, 6.07) is 14.6. The van der Waals surface area contributed by atoms with E-state index in [1.807, 2.05) is 36.4 Å². The quantitative estimate of drug-likeness (QED) is 0.676. The Balaban J connectivity index is 2.47. The summed E-state index contributed by atoms with van der Waals surface area (Å²) in [5, 5.41) is 18.9. The number of para-hydroxylation sites is 1. The lowest BCUT2D eigenvalue weighted by Gasteiger charge is -2.14. The SMILES string of the molecule is NCCOc1ccccc1-c1ccccc1B(O)O. The third-order valence-corrected chi connectivity index (χ3v) is 2.79. The molecule has 0 fully saturated rings. The summed E-state index contributed by atoms with van der Waals surface area (Å²) in [5.74, 6) is 0.682. The summed E-state index contributed by atoms with van der Waals surface area (Å²) in [4.78, 5) is 0. The second-order valence-electron chi connectivity index (χ2n) is 4.09. The van der Waals surface area contributed by atoms with Crippen LogP contribution >= 0.6 is 0 Å². The van der Waals surface area contributed by atoms with E-state index in [0.717, 1.165) is 11.1 Å². The Morgan fingerprint density at radius 3 is 2.26 bits per heavy atom. The van der Waals surface area contributed by atoms with Gasteiger partial charge in [-0.05, 0) is 17.1 Å². The number of hydrogen-bond donors (Lipinski definition) is 3. The van der Waals surface area contributed by atoms with E-state index in [4.69, 9.17) is 10.5 Å². The molecule has 5 heteroatoms. The van der Waals surface area contributed by atoms with Crippen molar-refractivity contribution in [3.8, 4) is 16.9 Å². The molecule has 0 unspecified atom stereocenters. The van der Waals surface area contributed by atoms with E-state index in [1.165, 1.54) is 0 Å². The van der Waals surface area contributed by atoms with Crippen molar-refractivity contribution < 1.29 is 14.8 Å². The molecule has 0 radical (unpaired) electrons. The highest BCUT2D eigenvalue weighted by atomic mass is 16.5. The van der Waals surface area contributed by atoms with E-state index in [-0.39, 0.29) is 0 Å². The maximum Gasteiger partial charge on any atom is 0.489 e. The van der Waals surface area contributed by atoms with Crippen LogP contribution < -0.4 is 15.9 Å². The summed E-state index contributed by atoms with van der Waals surface area (Å²) in [6.45, 7) is 0.847. The van der Waals surface area contributed by atoms with Crippen LogP contribution in [0.5, 0.6) is 5.75 Å². The molecule has 0 aromatic heterocycles. The number of nitrogens with two attached hydrogens (primary N) is 1. The van der Waals surface area contributed by atoms with Crippen LogP contribution in [0.3, 0.4) is 0 Å². The molecule has 19 heavy (non-hydrogen) atoms. The zero-order chi connectivity index (χ0) is 13.7. The maximum absolute atomic E-state index is 9.43. The predicted molar refractivity (Wildman–Crippen MR) is 76.3 cm³/mol. The Labute approximate surface area is 112 Å². The van der Waals surface area contributed by atoms with E-state index >= 15 is 0 Å². The molecular formula is C14H16BNO3. The fourth-order valence-electron chi connectivity index (χ4n) is 1.95. The van der Waals surface area contributed by atoms with Crippen molar-refractivity contribution in [1.29, 1.82) is 0 Å². The van der Waals surface area contributed by atoms with E-state index in [2.05, 4.69) is 0 Å². The molecule has 0 bridgehead atoms. The van der Waals surface area contributed by atoms with Crippen molar-refractivity contribution in [3.63, 3.8) is 0 Å². The van der Waals surface area contributed by atoms with Crippen molar-refractivity contribution in [3.05, 3.63) is 48.5 Å². The van der Waals surface area contributed by atoms with Gasteiger partial charge in [0.1, 0.15) is 12.4 Å². The molecule has 0 amide bonds. The number of rotatable bonds is 5. The largest absolute Gasteiger partial charge is 0.492 e. The average Bonchev–Trinajstić information content (AvgIpc) is 2.45. The standard InChI is InChI=1S/C14H16BNO3/c16-9-10-19-14-8-4-2-6-12(14)11-5-1-3-7-13(11)15(17)18/h1-8,17-18H,9-10,16H2. The molecule has 0 aliphatic rings. The molecule has 4 nitrogen and oxygen atoms in total. The van der Waals surface area contributed by atoms with Gasteiger partial charge >= 0.3 is 7.12 Å². The molecule has 4 N–H and O–H groups in total. The average molecular weight is 257 g/mol. The summed E-state index contributed by atoms with van der Waals surface area (Å²) in [6.07, 6.45) is 0. The molecule has 0 spiro atoms. The van der Waals surface area contributed by atoms with Gasteiger partial charge in [0.15, 0.2) is 0 Å². The predicted octanol–water partition coefficient (Wildman–Crippen LogP) is 0.371. The van der Waals surface area contributed by atoms with Gasteiger partial charge in [-0.1, -0.05) is 42.5 Å². The van der Waals surface area contributed by atoms with Gasteiger partial charge < -0.3 is 20.5 Å². The maximum atomic E-state index is 9.43.